The summed E-state index contributed by atoms with van der Waals surface area (Å²) < 4.78 is 10.9. The lowest BCUT2D eigenvalue weighted by molar-refractivity contribution is 0.368. The molecule has 90 valence electrons. The summed E-state index contributed by atoms with van der Waals surface area (Å²) >= 11 is 3.54. The van der Waals surface area contributed by atoms with Crippen LogP contribution in [0.5, 0.6) is 11.5 Å². The Morgan fingerprint density at radius 1 is 1.12 bits per heavy atom. The topological polar surface area (TPSA) is 18.5 Å². The van der Waals surface area contributed by atoms with Crippen molar-refractivity contribution in [1.82, 2.24) is 0 Å². The van der Waals surface area contributed by atoms with Gasteiger partial charge in [0.05, 0.1) is 14.2 Å². The fourth-order valence-electron chi connectivity index (χ4n) is 1.78. The lowest BCUT2D eigenvalue weighted by atomic mass is 9.85. The largest absolute Gasteiger partial charge is 0.496 e. The molecule has 0 heterocycles. The predicted molar refractivity (Wildman–Crippen MR) is 71.1 cm³/mol. The molecule has 16 heavy (non-hydrogen) atoms. The highest BCUT2D eigenvalue weighted by Crippen LogP contribution is 2.40. The number of rotatable bonds is 4. The number of hydrogen-bond donors (Lipinski definition) is 0. The molecule has 0 saturated heterocycles. The average Bonchev–Trinajstić information content (AvgIpc) is 2.27. The molecule has 1 rings (SSSR count). The Morgan fingerprint density at radius 3 is 1.88 bits per heavy atom. The van der Waals surface area contributed by atoms with E-state index in [0.717, 1.165) is 28.0 Å². The Hall–Kier alpha value is -0.700. The number of aryl methyl sites for hydroxylation is 1. The maximum atomic E-state index is 5.46. The third-order valence-corrected chi connectivity index (χ3v) is 4.06. The SMILES string of the molecule is COc1cc(C)cc(OC)c1C(C)(C)CBr. The van der Waals surface area contributed by atoms with Crippen molar-refractivity contribution in [3.63, 3.8) is 0 Å². The summed E-state index contributed by atoms with van der Waals surface area (Å²) in [6.07, 6.45) is 0. The molecule has 0 radical (unpaired) electrons. The maximum absolute atomic E-state index is 5.46. The van der Waals surface area contributed by atoms with Gasteiger partial charge in [0.15, 0.2) is 0 Å². The number of hydrogen-bond acceptors (Lipinski definition) is 2. The molecular weight excluding hydrogens is 268 g/mol. The van der Waals surface area contributed by atoms with E-state index in [4.69, 9.17) is 9.47 Å². The van der Waals surface area contributed by atoms with Gasteiger partial charge in [0, 0.05) is 16.3 Å². The van der Waals surface area contributed by atoms with Crippen LogP contribution in [0.3, 0.4) is 0 Å². The fourth-order valence-corrected chi connectivity index (χ4v) is 2.06. The van der Waals surface area contributed by atoms with Gasteiger partial charge in [-0.3, -0.25) is 0 Å². The van der Waals surface area contributed by atoms with Crippen LogP contribution in [-0.4, -0.2) is 19.5 Å². The van der Waals surface area contributed by atoms with Crippen LogP contribution >= 0.6 is 15.9 Å². The van der Waals surface area contributed by atoms with Crippen LogP contribution in [0.4, 0.5) is 0 Å². The Labute approximate surface area is 106 Å². The molecule has 0 aliphatic carbocycles. The lowest BCUT2D eigenvalue weighted by Gasteiger charge is -2.27. The van der Waals surface area contributed by atoms with Crippen LogP contribution in [0, 0.1) is 6.92 Å². The van der Waals surface area contributed by atoms with E-state index in [1.165, 1.54) is 0 Å². The highest BCUT2D eigenvalue weighted by molar-refractivity contribution is 9.09. The molecule has 0 aromatic heterocycles. The summed E-state index contributed by atoms with van der Waals surface area (Å²) in [6, 6.07) is 4.09. The van der Waals surface area contributed by atoms with Crippen molar-refractivity contribution in [1.29, 1.82) is 0 Å². The quantitative estimate of drug-likeness (QED) is 0.786. The molecule has 0 fully saturated rings. The fraction of sp³-hybridized carbons (Fsp3) is 0.538. The van der Waals surface area contributed by atoms with Crippen LogP contribution in [0.1, 0.15) is 25.0 Å². The smallest absolute Gasteiger partial charge is 0.126 e. The van der Waals surface area contributed by atoms with Gasteiger partial charge in [0.2, 0.25) is 0 Å². The second-order valence-electron chi connectivity index (χ2n) is 4.56. The van der Waals surface area contributed by atoms with Gasteiger partial charge in [0.25, 0.3) is 0 Å². The third kappa shape index (κ3) is 2.51. The van der Waals surface area contributed by atoms with Crippen LogP contribution in [-0.2, 0) is 5.41 Å². The first-order valence-electron chi connectivity index (χ1n) is 5.25. The minimum absolute atomic E-state index is 0.0234. The predicted octanol–water partition coefficient (Wildman–Crippen LogP) is 3.68. The van der Waals surface area contributed by atoms with Crippen molar-refractivity contribution in [2.75, 3.05) is 19.5 Å². The Balaban J connectivity index is 3.44. The molecule has 0 unspecified atom stereocenters. The number of ether oxygens (including phenoxy) is 2. The van der Waals surface area contributed by atoms with Crippen molar-refractivity contribution in [2.45, 2.75) is 26.2 Å². The molecule has 0 bridgehead atoms. The molecule has 0 amide bonds. The van der Waals surface area contributed by atoms with E-state index in [0.29, 0.717) is 0 Å². The monoisotopic (exact) mass is 286 g/mol. The molecule has 1 aromatic rings. The summed E-state index contributed by atoms with van der Waals surface area (Å²) in [5, 5.41) is 0.857. The molecule has 2 nitrogen and oxygen atoms in total. The molecule has 3 heteroatoms. The first kappa shape index (κ1) is 13.4. The highest BCUT2D eigenvalue weighted by atomic mass is 79.9. The van der Waals surface area contributed by atoms with Gasteiger partial charge in [-0.15, -0.1) is 0 Å². The van der Waals surface area contributed by atoms with Crippen molar-refractivity contribution in [2.24, 2.45) is 0 Å². The van der Waals surface area contributed by atoms with Gasteiger partial charge in [0.1, 0.15) is 11.5 Å². The van der Waals surface area contributed by atoms with Gasteiger partial charge < -0.3 is 9.47 Å². The summed E-state index contributed by atoms with van der Waals surface area (Å²) in [5.74, 6) is 1.78. The summed E-state index contributed by atoms with van der Waals surface area (Å²) in [7, 11) is 3.39. The second kappa shape index (κ2) is 5.09. The zero-order valence-corrected chi connectivity index (χ0v) is 12.1. The highest BCUT2D eigenvalue weighted by Gasteiger charge is 2.27. The molecule has 0 atom stereocenters. The Kier molecular flexibility index (Phi) is 4.25. The molecule has 0 aliphatic heterocycles. The zero-order valence-electron chi connectivity index (χ0n) is 10.6. The zero-order chi connectivity index (χ0) is 12.3. The standard InChI is InChI=1S/C13H19BrO2/c1-9-6-10(15-4)12(11(7-9)16-5)13(2,3)8-14/h6-7H,8H2,1-5H3. The van der Waals surface area contributed by atoms with Crippen LogP contribution < -0.4 is 9.47 Å². The molecule has 0 spiro atoms. The van der Waals surface area contributed by atoms with Crippen molar-refractivity contribution in [3.8, 4) is 11.5 Å². The number of methoxy groups -OCH3 is 2. The minimum Gasteiger partial charge on any atom is -0.496 e. The van der Waals surface area contributed by atoms with E-state index >= 15 is 0 Å². The van der Waals surface area contributed by atoms with Crippen molar-refractivity contribution >= 4 is 15.9 Å². The van der Waals surface area contributed by atoms with E-state index in [-0.39, 0.29) is 5.41 Å². The minimum atomic E-state index is -0.0234. The maximum Gasteiger partial charge on any atom is 0.126 e. The molecule has 0 saturated carbocycles. The summed E-state index contributed by atoms with van der Waals surface area (Å²) in [5.41, 5.74) is 2.23. The molecule has 1 aromatic carbocycles. The van der Waals surface area contributed by atoms with E-state index in [1.807, 2.05) is 19.1 Å². The van der Waals surface area contributed by atoms with E-state index in [2.05, 4.69) is 29.8 Å². The van der Waals surface area contributed by atoms with Gasteiger partial charge in [-0.1, -0.05) is 29.8 Å². The van der Waals surface area contributed by atoms with E-state index < -0.39 is 0 Å². The molecular formula is C13H19BrO2. The number of alkyl halides is 1. The molecule has 0 N–H and O–H groups in total. The van der Waals surface area contributed by atoms with Gasteiger partial charge in [-0.05, 0) is 24.6 Å². The lowest BCUT2D eigenvalue weighted by Crippen LogP contribution is -2.21. The molecule has 0 aliphatic rings. The van der Waals surface area contributed by atoms with Crippen molar-refractivity contribution in [3.05, 3.63) is 23.3 Å². The Bertz CT molecular complexity index is 347. The van der Waals surface area contributed by atoms with Gasteiger partial charge in [-0.2, -0.15) is 0 Å². The van der Waals surface area contributed by atoms with Crippen molar-refractivity contribution < 1.29 is 9.47 Å². The Morgan fingerprint density at radius 2 is 1.56 bits per heavy atom. The normalized spacial score (nSPS) is 11.4. The first-order chi connectivity index (χ1) is 7.46. The van der Waals surface area contributed by atoms with Crippen LogP contribution in [0.15, 0.2) is 12.1 Å². The first-order valence-corrected chi connectivity index (χ1v) is 6.37. The summed E-state index contributed by atoms with van der Waals surface area (Å²) in [6.45, 7) is 6.37. The van der Waals surface area contributed by atoms with Crippen LogP contribution in [0.25, 0.3) is 0 Å². The summed E-state index contributed by atoms with van der Waals surface area (Å²) in [4.78, 5) is 0. The number of halogens is 1. The number of benzene rings is 1. The average molecular weight is 287 g/mol. The third-order valence-electron chi connectivity index (χ3n) is 2.66. The van der Waals surface area contributed by atoms with Crippen LogP contribution in [0.2, 0.25) is 0 Å². The van der Waals surface area contributed by atoms with E-state index in [1.54, 1.807) is 14.2 Å². The van der Waals surface area contributed by atoms with E-state index in [9.17, 15) is 0 Å². The second-order valence-corrected chi connectivity index (χ2v) is 5.12. The van der Waals surface area contributed by atoms with Gasteiger partial charge in [-0.25, -0.2) is 0 Å². The van der Waals surface area contributed by atoms with Gasteiger partial charge >= 0.3 is 0 Å².